The number of amides is 2. The van der Waals surface area contributed by atoms with E-state index in [-0.39, 0.29) is 0 Å². The van der Waals surface area contributed by atoms with E-state index in [2.05, 4.69) is 0 Å². The smallest absolute Gasteiger partial charge is 0.262 e. The van der Waals surface area contributed by atoms with Gasteiger partial charge in [0.1, 0.15) is 11.9 Å². The lowest BCUT2D eigenvalue weighted by molar-refractivity contribution is 0.0591. The van der Waals surface area contributed by atoms with Crippen molar-refractivity contribution in [1.82, 2.24) is 4.90 Å². The molecule has 1 heterocycles. The molecular weight excluding hydrogens is 413 g/mol. The summed E-state index contributed by atoms with van der Waals surface area (Å²) in [4.78, 5) is 27.4. The molecule has 0 fully saturated rings. The molecule has 0 N–H and O–H groups in total. The predicted molar refractivity (Wildman–Crippen MR) is 127 cm³/mol. The monoisotopic (exact) mass is 433 g/mol. The second-order valence-electron chi connectivity index (χ2n) is 7.86. The SMILES string of the molecule is O=C1c2ccccc2C(=O)N1C(/C(F)=C/c1ccccc1)c1ccc(-c2ccccc2)cc1. The van der Waals surface area contributed by atoms with Crippen molar-refractivity contribution in [2.24, 2.45) is 0 Å². The highest BCUT2D eigenvalue weighted by molar-refractivity contribution is 6.21. The first kappa shape index (κ1) is 20.6. The van der Waals surface area contributed by atoms with Crippen molar-refractivity contribution in [1.29, 1.82) is 0 Å². The summed E-state index contributed by atoms with van der Waals surface area (Å²) in [5, 5.41) is 0. The molecule has 33 heavy (non-hydrogen) atoms. The number of rotatable bonds is 5. The molecule has 0 saturated carbocycles. The number of halogens is 1. The van der Waals surface area contributed by atoms with Crippen LogP contribution in [0.3, 0.4) is 0 Å². The van der Waals surface area contributed by atoms with Crippen LogP contribution in [0.2, 0.25) is 0 Å². The van der Waals surface area contributed by atoms with E-state index in [9.17, 15) is 9.59 Å². The topological polar surface area (TPSA) is 37.4 Å². The number of imide groups is 1. The van der Waals surface area contributed by atoms with Crippen molar-refractivity contribution in [2.75, 3.05) is 0 Å². The molecule has 0 aliphatic carbocycles. The van der Waals surface area contributed by atoms with E-state index >= 15 is 4.39 Å². The number of benzene rings is 4. The van der Waals surface area contributed by atoms with E-state index in [4.69, 9.17) is 0 Å². The van der Waals surface area contributed by atoms with Crippen LogP contribution in [-0.4, -0.2) is 16.7 Å². The van der Waals surface area contributed by atoms with E-state index in [0.717, 1.165) is 16.0 Å². The standard InChI is InChI=1S/C29H20FNO2/c30-26(19-20-9-3-1-4-10-20)27(31-28(32)24-13-7-8-14-25(24)29(31)33)23-17-15-22(16-18-23)21-11-5-2-6-12-21/h1-19,27H/b26-19-. The molecule has 0 radical (unpaired) electrons. The Bertz CT molecular complexity index is 1310. The third-order valence-electron chi connectivity index (χ3n) is 5.78. The van der Waals surface area contributed by atoms with Gasteiger partial charge in [-0.1, -0.05) is 97.1 Å². The highest BCUT2D eigenvalue weighted by atomic mass is 19.1. The average molecular weight is 433 g/mol. The summed E-state index contributed by atoms with van der Waals surface area (Å²) in [6.07, 6.45) is 1.37. The molecule has 160 valence electrons. The summed E-state index contributed by atoms with van der Waals surface area (Å²) >= 11 is 0. The minimum absolute atomic E-state index is 0.293. The maximum absolute atomic E-state index is 15.8. The largest absolute Gasteiger partial charge is 0.269 e. The highest BCUT2D eigenvalue weighted by Crippen LogP contribution is 2.38. The van der Waals surface area contributed by atoms with Gasteiger partial charge in [-0.25, -0.2) is 4.39 Å². The van der Waals surface area contributed by atoms with Gasteiger partial charge >= 0.3 is 0 Å². The fraction of sp³-hybridized carbons (Fsp3) is 0.0345. The van der Waals surface area contributed by atoms with Gasteiger partial charge in [0.2, 0.25) is 0 Å². The first-order valence-corrected chi connectivity index (χ1v) is 10.7. The Morgan fingerprint density at radius 3 is 1.70 bits per heavy atom. The molecule has 1 unspecified atom stereocenters. The van der Waals surface area contributed by atoms with Gasteiger partial charge in [-0.05, 0) is 40.5 Å². The zero-order chi connectivity index (χ0) is 22.8. The summed E-state index contributed by atoms with van der Waals surface area (Å²) < 4.78 is 15.8. The summed E-state index contributed by atoms with van der Waals surface area (Å²) in [6, 6.07) is 31.6. The van der Waals surface area contributed by atoms with E-state index in [0.29, 0.717) is 22.3 Å². The van der Waals surface area contributed by atoms with Gasteiger partial charge in [0, 0.05) is 0 Å². The lowest BCUT2D eigenvalue weighted by Gasteiger charge is -2.26. The number of nitrogens with zero attached hydrogens (tertiary/aromatic N) is 1. The molecule has 0 saturated heterocycles. The van der Waals surface area contributed by atoms with Crippen LogP contribution in [0.4, 0.5) is 4.39 Å². The Kier molecular flexibility index (Phi) is 5.41. The number of carbonyl (C=O) groups is 2. The number of hydrogen-bond acceptors (Lipinski definition) is 2. The molecule has 2 amide bonds. The van der Waals surface area contributed by atoms with Crippen molar-refractivity contribution in [3.05, 3.63) is 137 Å². The van der Waals surface area contributed by atoms with Crippen LogP contribution in [0.5, 0.6) is 0 Å². The van der Waals surface area contributed by atoms with Crippen molar-refractivity contribution < 1.29 is 14.0 Å². The Balaban J connectivity index is 1.59. The maximum atomic E-state index is 15.8. The van der Waals surface area contributed by atoms with Gasteiger partial charge in [-0.15, -0.1) is 0 Å². The van der Waals surface area contributed by atoms with E-state index in [1.54, 1.807) is 48.5 Å². The Morgan fingerprint density at radius 1 is 0.636 bits per heavy atom. The second kappa shape index (κ2) is 8.67. The van der Waals surface area contributed by atoms with Crippen molar-refractivity contribution in [2.45, 2.75) is 6.04 Å². The second-order valence-corrected chi connectivity index (χ2v) is 7.86. The average Bonchev–Trinajstić information content (AvgIpc) is 3.11. The minimum atomic E-state index is -1.16. The van der Waals surface area contributed by atoms with Gasteiger partial charge < -0.3 is 0 Å². The molecule has 0 bridgehead atoms. The molecule has 4 aromatic carbocycles. The molecule has 1 aliphatic heterocycles. The van der Waals surface area contributed by atoms with Crippen LogP contribution in [0.1, 0.15) is 37.9 Å². The molecule has 1 aliphatic rings. The molecule has 4 heteroatoms. The van der Waals surface area contributed by atoms with Gasteiger partial charge in [0.25, 0.3) is 11.8 Å². The molecule has 0 spiro atoms. The molecule has 0 aromatic heterocycles. The summed E-state index contributed by atoms with van der Waals surface area (Å²) in [6.45, 7) is 0. The summed E-state index contributed by atoms with van der Waals surface area (Å²) in [5.74, 6) is -1.57. The van der Waals surface area contributed by atoms with Crippen LogP contribution in [0.25, 0.3) is 17.2 Å². The van der Waals surface area contributed by atoms with E-state index in [1.165, 1.54) is 6.08 Å². The Hall–Kier alpha value is -4.31. The van der Waals surface area contributed by atoms with Crippen LogP contribution >= 0.6 is 0 Å². The third-order valence-corrected chi connectivity index (χ3v) is 5.78. The zero-order valence-corrected chi connectivity index (χ0v) is 17.7. The lowest BCUT2D eigenvalue weighted by Crippen LogP contribution is -2.34. The molecule has 3 nitrogen and oxygen atoms in total. The van der Waals surface area contributed by atoms with Gasteiger partial charge in [0.15, 0.2) is 0 Å². The fourth-order valence-electron chi connectivity index (χ4n) is 4.15. The Morgan fingerprint density at radius 2 is 1.12 bits per heavy atom. The van der Waals surface area contributed by atoms with Crippen molar-refractivity contribution >= 4 is 17.9 Å². The molecular formula is C29H20FNO2. The first-order chi connectivity index (χ1) is 16.1. The number of fused-ring (bicyclic) bond motifs is 1. The van der Waals surface area contributed by atoms with Crippen LogP contribution in [-0.2, 0) is 0 Å². The molecule has 5 rings (SSSR count). The van der Waals surface area contributed by atoms with Gasteiger partial charge in [-0.3, -0.25) is 14.5 Å². The van der Waals surface area contributed by atoms with Crippen molar-refractivity contribution in [3.8, 4) is 11.1 Å². The van der Waals surface area contributed by atoms with Crippen LogP contribution < -0.4 is 0 Å². The fourth-order valence-corrected chi connectivity index (χ4v) is 4.15. The highest BCUT2D eigenvalue weighted by Gasteiger charge is 2.42. The summed E-state index contributed by atoms with van der Waals surface area (Å²) in [7, 11) is 0. The maximum Gasteiger partial charge on any atom is 0.262 e. The van der Waals surface area contributed by atoms with Crippen LogP contribution in [0, 0.1) is 0 Å². The van der Waals surface area contributed by atoms with E-state index < -0.39 is 23.7 Å². The molecule has 4 aromatic rings. The summed E-state index contributed by atoms with van der Waals surface area (Å²) in [5.41, 5.74) is 3.75. The number of carbonyl (C=O) groups excluding carboxylic acids is 2. The molecule has 1 atom stereocenters. The Labute approximate surface area is 191 Å². The minimum Gasteiger partial charge on any atom is -0.269 e. The quantitative estimate of drug-likeness (QED) is 0.328. The normalized spacial score (nSPS) is 14.3. The van der Waals surface area contributed by atoms with E-state index in [1.807, 2.05) is 60.7 Å². The lowest BCUT2D eigenvalue weighted by atomic mass is 9.98. The third kappa shape index (κ3) is 3.87. The predicted octanol–water partition coefficient (Wildman–Crippen LogP) is 6.70. The van der Waals surface area contributed by atoms with Gasteiger partial charge in [0.05, 0.1) is 11.1 Å². The number of hydrogen-bond donors (Lipinski definition) is 0. The van der Waals surface area contributed by atoms with Crippen molar-refractivity contribution in [3.63, 3.8) is 0 Å². The van der Waals surface area contributed by atoms with Gasteiger partial charge in [-0.2, -0.15) is 0 Å². The first-order valence-electron chi connectivity index (χ1n) is 10.7. The zero-order valence-electron chi connectivity index (χ0n) is 17.7. The van der Waals surface area contributed by atoms with Crippen LogP contribution in [0.15, 0.2) is 115 Å².